The van der Waals surface area contributed by atoms with E-state index in [1.807, 2.05) is 0 Å². The average molecular weight is 364 g/mol. The molecular formula is C13H20N2O8S. The molecule has 0 aliphatic heterocycles. The van der Waals surface area contributed by atoms with Crippen LogP contribution in [-0.2, 0) is 28.7 Å². The summed E-state index contributed by atoms with van der Waals surface area (Å²) >= 11 is 1.35. The fourth-order valence-corrected chi connectivity index (χ4v) is 2.44. The number of amides is 2. The van der Waals surface area contributed by atoms with Crippen LogP contribution in [0.1, 0.15) is 12.8 Å². The zero-order valence-corrected chi connectivity index (χ0v) is 13.8. The molecule has 0 aliphatic carbocycles. The first-order chi connectivity index (χ1) is 11.2. The summed E-state index contributed by atoms with van der Waals surface area (Å²) in [5, 5.41) is 20.1. The van der Waals surface area contributed by atoms with Crippen molar-refractivity contribution in [2.45, 2.75) is 12.8 Å². The van der Waals surface area contributed by atoms with Crippen LogP contribution in [0.3, 0.4) is 0 Å². The molecule has 0 aromatic carbocycles. The van der Waals surface area contributed by atoms with E-state index in [-0.39, 0.29) is 13.0 Å². The number of carboxylic acid groups (broad SMARTS) is 2. The van der Waals surface area contributed by atoms with E-state index >= 15 is 0 Å². The summed E-state index contributed by atoms with van der Waals surface area (Å²) in [6.45, 7) is 0.153. The molecule has 0 aromatic rings. The van der Waals surface area contributed by atoms with Gasteiger partial charge < -0.3 is 26.0 Å². The van der Waals surface area contributed by atoms with Crippen molar-refractivity contribution in [1.29, 1.82) is 0 Å². The van der Waals surface area contributed by atoms with Gasteiger partial charge in [0.05, 0.1) is 7.11 Å². The van der Waals surface area contributed by atoms with Crippen molar-refractivity contribution in [2.75, 3.05) is 25.2 Å². The number of ether oxygens (including phenoxy) is 1. The van der Waals surface area contributed by atoms with Gasteiger partial charge in [-0.2, -0.15) is 11.8 Å². The van der Waals surface area contributed by atoms with Gasteiger partial charge in [0.25, 0.3) is 0 Å². The Bertz CT molecular complexity index is 482. The lowest BCUT2D eigenvalue weighted by Gasteiger charge is -2.16. The third-order valence-electron chi connectivity index (χ3n) is 2.91. The highest BCUT2D eigenvalue weighted by Gasteiger charge is 2.36. The summed E-state index contributed by atoms with van der Waals surface area (Å²) in [7, 11) is 1.01. The third-order valence-corrected chi connectivity index (χ3v) is 3.89. The van der Waals surface area contributed by atoms with E-state index in [0.29, 0.717) is 11.5 Å². The maximum absolute atomic E-state index is 12.0. The van der Waals surface area contributed by atoms with E-state index in [1.54, 1.807) is 0 Å². The van der Waals surface area contributed by atoms with Gasteiger partial charge in [0.1, 0.15) is 5.92 Å². The molecule has 11 heteroatoms. The molecule has 24 heavy (non-hydrogen) atoms. The predicted octanol–water partition coefficient (Wildman–Crippen LogP) is -1.32. The first kappa shape index (κ1) is 21.7. The maximum atomic E-state index is 12.0. The average Bonchev–Trinajstić information content (AvgIpc) is 2.49. The molecule has 0 rings (SSSR count). The molecule has 1 unspecified atom stereocenters. The number of primary amides is 1. The van der Waals surface area contributed by atoms with Gasteiger partial charge in [0.2, 0.25) is 11.8 Å². The number of nitrogens with two attached hydrogens (primary N) is 1. The van der Waals surface area contributed by atoms with Crippen molar-refractivity contribution in [3.63, 3.8) is 0 Å². The summed E-state index contributed by atoms with van der Waals surface area (Å²) < 4.78 is 4.42. The van der Waals surface area contributed by atoms with Gasteiger partial charge in [-0.15, -0.1) is 0 Å². The van der Waals surface area contributed by atoms with Crippen molar-refractivity contribution in [2.24, 2.45) is 17.6 Å². The fraction of sp³-hybridized carbons (Fsp3) is 0.615. The molecule has 0 fully saturated rings. The normalized spacial score (nSPS) is 11.6. The molecule has 0 aromatic heterocycles. The number of carboxylic acids is 2. The van der Waals surface area contributed by atoms with Gasteiger partial charge in [-0.3, -0.25) is 24.0 Å². The van der Waals surface area contributed by atoms with Crippen molar-refractivity contribution >= 4 is 41.5 Å². The molecule has 0 aliphatic rings. The van der Waals surface area contributed by atoms with Gasteiger partial charge in [0, 0.05) is 24.5 Å². The number of hydrogen-bond acceptors (Lipinski definition) is 7. The highest BCUT2D eigenvalue weighted by Crippen LogP contribution is 2.16. The minimum atomic E-state index is -1.90. The molecule has 0 bridgehead atoms. The molecule has 0 saturated heterocycles. The second kappa shape index (κ2) is 11.3. The Labute approximate surface area is 142 Å². The zero-order valence-electron chi connectivity index (χ0n) is 13.0. The van der Waals surface area contributed by atoms with E-state index in [2.05, 4.69) is 10.1 Å². The van der Waals surface area contributed by atoms with Crippen LogP contribution in [-0.4, -0.2) is 65.1 Å². The lowest BCUT2D eigenvalue weighted by atomic mass is 9.93. The summed E-state index contributed by atoms with van der Waals surface area (Å²) in [6.07, 6.45) is -0.514. The smallest absolute Gasteiger partial charge is 0.318 e. The van der Waals surface area contributed by atoms with E-state index in [9.17, 15) is 24.0 Å². The quantitative estimate of drug-likeness (QED) is 0.186. The Balaban J connectivity index is 4.56. The highest BCUT2D eigenvalue weighted by molar-refractivity contribution is 7.99. The molecular weight excluding hydrogens is 344 g/mol. The van der Waals surface area contributed by atoms with E-state index < -0.39 is 48.0 Å². The Kier molecular flexibility index (Phi) is 10.2. The molecule has 0 spiro atoms. The molecule has 0 heterocycles. The summed E-state index contributed by atoms with van der Waals surface area (Å²) in [6, 6.07) is 0. The molecule has 0 radical (unpaired) electrons. The second-order valence-corrected chi connectivity index (χ2v) is 5.88. The van der Waals surface area contributed by atoms with Gasteiger partial charge in [-0.1, -0.05) is 0 Å². The van der Waals surface area contributed by atoms with Crippen LogP contribution in [0.4, 0.5) is 0 Å². The Morgan fingerprint density at radius 2 is 1.67 bits per heavy atom. The largest absolute Gasteiger partial charge is 0.481 e. The van der Waals surface area contributed by atoms with E-state index in [1.165, 1.54) is 11.8 Å². The highest BCUT2D eigenvalue weighted by atomic mass is 32.2. The summed E-state index contributed by atoms with van der Waals surface area (Å²) in [5.74, 6) is -8.08. The minimum absolute atomic E-state index is 0.153. The predicted molar refractivity (Wildman–Crippen MR) is 83.0 cm³/mol. The number of aliphatic carboxylic acids is 2. The van der Waals surface area contributed by atoms with Crippen LogP contribution in [0.15, 0.2) is 0 Å². The Morgan fingerprint density at radius 1 is 1.08 bits per heavy atom. The van der Waals surface area contributed by atoms with Crippen molar-refractivity contribution in [3.8, 4) is 0 Å². The number of carbonyl (C=O) groups is 5. The van der Waals surface area contributed by atoms with Crippen LogP contribution in [0, 0.1) is 11.8 Å². The first-order valence-corrected chi connectivity index (χ1v) is 8.03. The molecule has 2 amide bonds. The van der Waals surface area contributed by atoms with Crippen LogP contribution >= 0.6 is 11.8 Å². The monoisotopic (exact) mass is 364 g/mol. The topological polar surface area (TPSA) is 173 Å². The van der Waals surface area contributed by atoms with Gasteiger partial charge in [-0.25, -0.2) is 0 Å². The fourth-order valence-electron chi connectivity index (χ4n) is 1.64. The van der Waals surface area contributed by atoms with Crippen LogP contribution in [0.2, 0.25) is 0 Å². The zero-order chi connectivity index (χ0) is 18.7. The number of rotatable bonds is 12. The number of nitrogens with one attached hydrogen (secondary N) is 1. The second-order valence-electron chi connectivity index (χ2n) is 4.66. The van der Waals surface area contributed by atoms with Gasteiger partial charge >= 0.3 is 17.9 Å². The maximum Gasteiger partial charge on any atom is 0.318 e. The standard InChI is InChI=1S/C13H20N2O8S/c1-23-13(22)7(6-8(11(18)19)12(20)21)10(17)15-3-5-24-4-2-9(14)16/h7-8H,2-6H2,1H3,(H2,14,16)(H,15,17)(H,18,19)(H,20,21). The lowest BCUT2D eigenvalue weighted by molar-refractivity contribution is -0.157. The molecule has 5 N–H and O–H groups in total. The van der Waals surface area contributed by atoms with Crippen molar-refractivity contribution in [3.05, 3.63) is 0 Å². The third kappa shape index (κ3) is 8.36. The number of esters is 1. The van der Waals surface area contributed by atoms with Crippen molar-refractivity contribution < 1.29 is 38.9 Å². The molecule has 0 saturated carbocycles. The number of methoxy groups -OCH3 is 1. The van der Waals surface area contributed by atoms with Crippen molar-refractivity contribution in [1.82, 2.24) is 5.32 Å². The molecule has 1 atom stereocenters. The number of carbonyl (C=O) groups excluding carboxylic acids is 3. The lowest BCUT2D eigenvalue weighted by Crippen LogP contribution is -2.40. The first-order valence-electron chi connectivity index (χ1n) is 6.87. The summed E-state index contributed by atoms with van der Waals surface area (Å²) in [5.41, 5.74) is 4.97. The molecule has 10 nitrogen and oxygen atoms in total. The van der Waals surface area contributed by atoms with Crippen LogP contribution < -0.4 is 11.1 Å². The van der Waals surface area contributed by atoms with Crippen LogP contribution in [0.25, 0.3) is 0 Å². The van der Waals surface area contributed by atoms with Gasteiger partial charge in [0.15, 0.2) is 5.92 Å². The Morgan fingerprint density at radius 3 is 2.12 bits per heavy atom. The van der Waals surface area contributed by atoms with E-state index in [0.717, 1.165) is 7.11 Å². The minimum Gasteiger partial charge on any atom is -0.481 e. The summed E-state index contributed by atoms with van der Waals surface area (Å²) in [4.78, 5) is 55.9. The molecule has 136 valence electrons. The SMILES string of the molecule is COC(=O)C(CC(C(=O)O)C(=O)O)C(=O)NCCSCCC(N)=O. The van der Waals surface area contributed by atoms with Crippen LogP contribution in [0.5, 0.6) is 0 Å². The van der Waals surface area contributed by atoms with E-state index in [4.69, 9.17) is 15.9 Å². The van der Waals surface area contributed by atoms with Gasteiger partial charge in [-0.05, 0) is 6.42 Å². The number of hydrogen-bond donors (Lipinski definition) is 4. The number of thioether (sulfide) groups is 1. The Hall–Kier alpha value is -2.30.